The molecular weight excluding hydrogens is 452 g/mol. The quantitative estimate of drug-likeness (QED) is 0.518. The molecule has 2 aromatic rings. The number of amides is 1. The third-order valence-corrected chi connectivity index (χ3v) is 11.7. The van der Waals surface area contributed by atoms with Crippen molar-refractivity contribution in [2.24, 2.45) is 5.92 Å². The van der Waals surface area contributed by atoms with E-state index in [1.807, 2.05) is 32.9 Å². The molecule has 2 atom stereocenters. The molecule has 0 spiro atoms. The van der Waals surface area contributed by atoms with Crippen LogP contribution in [-0.4, -0.2) is 44.1 Å². The van der Waals surface area contributed by atoms with Crippen LogP contribution in [-0.2, 0) is 9.16 Å². The highest BCUT2D eigenvalue weighted by Crippen LogP contribution is 2.37. The van der Waals surface area contributed by atoms with Gasteiger partial charge in [0.15, 0.2) is 0 Å². The second-order valence-electron chi connectivity index (χ2n) is 11.5. The van der Waals surface area contributed by atoms with Crippen molar-refractivity contribution in [1.82, 2.24) is 4.90 Å². The largest absolute Gasteiger partial charge is 0.444 e. The highest BCUT2D eigenvalue weighted by atomic mass is 28.4. The van der Waals surface area contributed by atoms with E-state index in [4.69, 9.17) is 9.16 Å². The Balaban J connectivity index is 2.03. The molecule has 1 saturated heterocycles. The Labute approximate surface area is 212 Å². The molecule has 0 unspecified atom stereocenters. The molecule has 1 aliphatic heterocycles. The lowest BCUT2D eigenvalue weighted by Gasteiger charge is -2.44. The third-order valence-electron chi connectivity index (χ3n) is 6.67. The summed E-state index contributed by atoms with van der Waals surface area (Å²) in [6, 6.07) is 23.2. The van der Waals surface area contributed by atoms with Gasteiger partial charge < -0.3 is 14.1 Å². The first-order valence-electron chi connectivity index (χ1n) is 12.6. The van der Waals surface area contributed by atoms with Crippen LogP contribution in [0.15, 0.2) is 60.7 Å². The van der Waals surface area contributed by atoms with Gasteiger partial charge in [-0.2, -0.15) is 5.26 Å². The number of carbonyl (C=O) groups is 1. The Bertz CT molecular complexity index is 967. The number of nitriles is 1. The summed E-state index contributed by atoms with van der Waals surface area (Å²) < 4.78 is 12.9. The number of ether oxygens (including phenoxy) is 1. The maximum atomic E-state index is 13.2. The third kappa shape index (κ3) is 6.34. The monoisotopic (exact) mass is 492 g/mol. The van der Waals surface area contributed by atoms with E-state index in [9.17, 15) is 10.1 Å². The summed E-state index contributed by atoms with van der Waals surface area (Å²) in [4.78, 5) is 15.0. The molecule has 0 bridgehead atoms. The van der Waals surface area contributed by atoms with Crippen molar-refractivity contribution in [3.05, 3.63) is 60.7 Å². The fourth-order valence-electron chi connectivity index (χ4n) is 5.08. The fourth-order valence-corrected chi connectivity index (χ4v) is 9.68. The molecule has 0 aromatic heterocycles. The van der Waals surface area contributed by atoms with E-state index in [1.165, 1.54) is 10.4 Å². The first-order valence-corrected chi connectivity index (χ1v) is 14.5. The van der Waals surface area contributed by atoms with Crippen LogP contribution in [0.5, 0.6) is 0 Å². The summed E-state index contributed by atoms with van der Waals surface area (Å²) in [5.74, 6) is -0.102. The summed E-state index contributed by atoms with van der Waals surface area (Å²) in [5, 5.41) is 12.0. The van der Waals surface area contributed by atoms with Gasteiger partial charge in [-0.25, -0.2) is 4.79 Å². The van der Waals surface area contributed by atoms with E-state index in [2.05, 4.69) is 75.4 Å². The van der Waals surface area contributed by atoms with Crippen LogP contribution in [0.1, 0.15) is 60.8 Å². The van der Waals surface area contributed by atoms with Crippen molar-refractivity contribution in [2.45, 2.75) is 77.5 Å². The molecule has 1 aliphatic rings. The SMILES string of the molecule is CC(C)(C)OC(=O)N1CCC[C@H](C#N)C[C@H]1CO[Si](c1ccccc1)(c1ccccc1)C(C)(C)C. The average molecular weight is 493 g/mol. The lowest BCUT2D eigenvalue weighted by molar-refractivity contribution is 0.0106. The number of hydrogen-bond donors (Lipinski definition) is 0. The molecule has 0 N–H and O–H groups in total. The van der Waals surface area contributed by atoms with Crippen molar-refractivity contribution in [3.8, 4) is 6.07 Å². The minimum absolute atomic E-state index is 0.102. The Hall–Kier alpha value is -2.62. The van der Waals surface area contributed by atoms with Gasteiger partial charge in [0.1, 0.15) is 5.60 Å². The second-order valence-corrected chi connectivity index (χ2v) is 15.8. The van der Waals surface area contributed by atoms with Gasteiger partial charge in [-0.15, -0.1) is 0 Å². The van der Waals surface area contributed by atoms with Gasteiger partial charge in [-0.05, 0) is 55.4 Å². The summed E-state index contributed by atoms with van der Waals surface area (Å²) in [7, 11) is -2.75. The predicted molar refractivity (Wildman–Crippen MR) is 143 cm³/mol. The molecule has 0 aliphatic carbocycles. The van der Waals surface area contributed by atoms with Gasteiger partial charge in [0.25, 0.3) is 8.32 Å². The Morgan fingerprint density at radius 3 is 2.00 bits per heavy atom. The van der Waals surface area contributed by atoms with Crippen LogP contribution in [0.2, 0.25) is 5.04 Å². The van der Waals surface area contributed by atoms with E-state index >= 15 is 0 Å². The zero-order valence-corrected chi connectivity index (χ0v) is 23.1. The molecular formula is C29H40N2O3Si. The standard InChI is InChI=1S/C29H40N2O3Si/c1-28(2,3)34-27(32)31-19-13-14-23(21-30)20-24(31)22-33-35(29(4,5)6,25-15-9-7-10-16-25)26-17-11-8-12-18-26/h7-12,15-18,23-24H,13-14,19-20,22H2,1-6H3/t23-,24-/m0/s1. The van der Waals surface area contributed by atoms with Crippen LogP contribution in [0.4, 0.5) is 4.79 Å². The minimum atomic E-state index is -2.75. The normalized spacial score (nSPS) is 19.5. The highest BCUT2D eigenvalue weighted by Gasteiger charge is 2.51. The Kier molecular flexibility index (Phi) is 8.45. The van der Waals surface area contributed by atoms with Crippen LogP contribution in [0.25, 0.3) is 0 Å². The maximum Gasteiger partial charge on any atom is 0.410 e. The predicted octanol–water partition coefficient (Wildman–Crippen LogP) is 5.49. The van der Waals surface area contributed by atoms with E-state index in [1.54, 1.807) is 4.90 Å². The van der Waals surface area contributed by atoms with E-state index in [-0.39, 0.29) is 23.1 Å². The highest BCUT2D eigenvalue weighted by molar-refractivity contribution is 6.99. The molecule has 35 heavy (non-hydrogen) atoms. The van der Waals surface area contributed by atoms with Crippen molar-refractivity contribution in [3.63, 3.8) is 0 Å². The Morgan fingerprint density at radius 2 is 1.54 bits per heavy atom. The van der Waals surface area contributed by atoms with Gasteiger partial charge in [-0.1, -0.05) is 81.4 Å². The number of benzene rings is 2. The molecule has 0 saturated carbocycles. The van der Waals surface area contributed by atoms with Gasteiger partial charge in [0.2, 0.25) is 0 Å². The van der Waals surface area contributed by atoms with E-state index in [0.717, 1.165) is 12.8 Å². The zero-order valence-electron chi connectivity index (χ0n) is 22.1. The van der Waals surface area contributed by atoms with Gasteiger partial charge in [-0.3, -0.25) is 0 Å². The summed E-state index contributed by atoms with van der Waals surface area (Å²) in [6.07, 6.45) is 1.83. The number of hydrogen-bond acceptors (Lipinski definition) is 4. The smallest absolute Gasteiger partial charge is 0.410 e. The van der Waals surface area contributed by atoms with Crippen LogP contribution in [0, 0.1) is 17.2 Å². The molecule has 0 radical (unpaired) electrons. The minimum Gasteiger partial charge on any atom is -0.444 e. The van der Waals surface area contributed by atoms with Crippen molar-refractivity contribution < 1.29 is 14.0 Å². The molecule has 188 valence electrons. The molecule has 1 fully saturated rings. The van der Waals surface area contributed by atoms with Crippen LogP contribution < -0.4 is 10.4 Å². The molecule has 5 nitrogen and oxygen atoms in total. The molecule has 6 heteroatoms. The van der Waals surface area contributed by atoms with Gasteiger partial charge in [0.05, 0.1) is 18.7 Å². The molecule has 1 amide bonds. The van der Waals surface area contributed by atoms with Gasteiger partial charge >= 0.3 is 6.09 Å². The first-order chi connectivity index (χ1) is 16.5. The van der Waals surface area contributed by atoms with Crippen molar-refractivity contribution in [1.29, 1.82) is 5.26 Å². The first kappa shape index (κ1) is 27.0. The van der Waals surface area contributed by atoms with E-state index < -0.39 is 13.9 Å². The lowest BCUT2D eigenvalue weighted by atomic mass is 9.99. The Morgan fingerprint density at radius 1 is 1.00 bits per heavy atom. The summed E-state index contributed by atoms with van der Waals surface area (Å²) >= 11 is 0. The average Bonchev–Trinajstić information content (AvgIpc) is 3.01. The van der Waals surface area contributed by atoms with Crippen molar-refractivity contribution >= 4 is 24.8 Å². The van der Waals surface area contributed by atoms with Gasteiger partial charge in [0, 0.05) is 12.5 Å². The number of carbonyl (C=O) groups excluding carboxylic acids is 1. The van der Waals surface area contributed by atoms with E-state index in [0.29, 0.717) is 19.6 Å². The fraction of sp³-hybridized carbons (Fsp3) is 0.517. The maximum absolute atomic E-state index is 13.2. The van der Waals surface area contributed by atoms with Crippen molar-refractivity contribution in [2.75, 3.05) is 13.2 Å². The number of likely N-dealkylation sites (tertiary alicyclic amines) is 1. The molecule has 3 rings (SSSR count). The molecule has 1 heterocycles. The zero-order chi connectivity index (χ0) is 25.7. The van der Waals surface area contributed by atoms with Crippen LogP contribution in [0.3, 0.4) is 0 Å². The number of rotatable bonds is 5. The van der Waals surface area contributed by atoms with Crippen LogP contribution >= 0.6 is 0 Å². The number of nitrogens with zero attached hydrogens (tertiary/aromatic N) is 2. The summed E-state index contributed by atoms with van der Waals surface area (Å²) in [6.45, 7) is 13.3. The lowest BCUT2D eigenvalue weighted by Crippen LogP contribution is -2.67. The topological polar surface area (TPSA) is 62.6 Å². The second kappa shape index (κ2) is 11.0. The summed E-state index contributed by atoms with van der Waals surface area (Å²) in [5.41, 5.74) is -0.582. The molecule has 2 aromatic carbocycles.